The highest BCUT2D eigenvalue weighted by atomic mass is 16.6. The summed E-state index contributed by atoms with van der Waals surface area (Å²) in [5, 5.41) is 0.946. The van der Waals surface area contributed by atoms with E-state index in [0.717, 1.165) is 12.2 Å². The second-order valence-corrected chi connectivity index (χ2v) is 5.34. The fourth-order valence-corrected chi connectivity index (χ4v) is 2.55. The molecule has 6 nitrogen and oxygen atoms in total. The average molecular weight is 304 g/mol. The number of carbonyl (C=O) groups is 1. The standard InChI is InChI=1S/C16H20N2O4/c1-11(20)22-15-14-12(10-19)6-5-7-13(14)18(16(15)21-4)9-8-17(2)3/h5-7,16H,8-9H2,1-4H3. The second kappa shape index (κ2) is 6.75. The molecule has 0 fully saturated rings. The molecule has 0 spiro atoms. The lowest BCUT2D eigenvalue weighted by atomic mass is 10.2. The van der Waals surface area contributed by atoms with Gasteiger partial charge in [-0.05, 0) is 26.2 Å². The van der Waals surface area contributed by atoms with Gasteiger partial charge in [0.25, 0.3) is 0 Å². The molecule has 1 aromatic rings. The van der Waals surface area contributed by atoms with Gasteiger partial charge in [-0.15, -0.1) is 0 Å². The van der Waals surface area contributed by atoms with Gasteiger partial charge in [0.1, 0.15) is 5.94 Å². The van der Waals surface area contributed by atoms with Crippen molar-refractivity contribution in [1.29, 1.82) is 0 Å². The van der Waals surface area contributed by atoms with E-state index in [1.807, 2.05) is 35.9 Å². The summed E-state index contributed by atoms with van der Waals surface area (Å²) in [6.07, 6.45) is -0.534. The smallest absolute Gasteiger partial charge is 0.307 e. The van der Waals surface area contributed by atoms with Crippen LogP contribution in [0.2, 0.25) is 0 Å². The molecule has 1 atom stereocenters. The number of ether oxygens (including phenoxy) is 2. The van der Waals surface area contributed by atoms with Crippen molar-refractivity contribution in [3.8, 4) is 0 Å². The molecule has 0 saturated heterocycles. The first-order valence-corrected chi connectivity index (χ1v) is 7.00. The molecule has 1 unspecified atom stereocenters. The topological polar surface area (TPSA) is 59.1 Å². The van der Waals surface area contributed by atoms with Crippen LogP contribution in [0.4, 0.5) is 5.69 Å². The molecule has 0 aromatic heterocycles. The minimum absolute atomic E-state index is 0.350. The molecule has 22 heavy (non-hydrogen) atoms. The predicted molar refractivity (Wildman–Crippen MR) is 82.4 cm³/mol. The molecule has 1 aliphatic rings. The summed E-state index contributed by atoms with van der Waals surface area (Å²) in [5.41, 5.74) is 0.811. The van der Waals surface area contributed by atoms with Crippen LogP contribution in [0.15, 0.2) is 18.2 Å². The summed E-state index contributed by atoms with van der Waals surface area (Å²) >= 11 is 0. The molecule has 0 bridgehead atoms. The van der Waals surface area contributed by atoms with Crippen molar-refractivity contribution in [1.82, 2.24) is 4.90 Å². The van der Waals surface area contributed by atoms with Gasteiger partial charge in [-0.1, -0.05) is 6.07 Å². The zero-order valence-corrected chi connectivity index (χ0v) is 13.3. The summed E-state index contributed by atoms with van der Waals surface area (Å²) in [4.78, 5) is 26.7. The SMILES string of the molecule is COC1C(OC(C)=O)=c2c(cccc2=C=O)N1CCN(C)C. The van der Waals surface area contributed by atoms with Crippen molar-refractivity contribution < 1.29 is 19.1 Å². The van der Waals surface area contributed by atoms with E-state index >= 15 is 0 Å². The number of hydrogen-bond donors (Lipinski definition) is 0. The van der Waals surface area contributed by atoms with E-state index in [1.165, 1.54) is 6.92 Å². The number of benzene rings is 1. The maximum atomic E-state index is 11.4. The molecule has 0 amide bonds. The van der Waals surface area contributed by atoms with E-state index in [4.69, 9.17) is 9.47 Å². The minimum atomic E-state index is -0.534. The van der Waals surface area contributed by atoms with Crippen molar-refractivity contribution >= 4 is 23.4 Å². The van der Waals surface area contributed by atoms with Gasteiger partial charge < -0.3 is 19.3 Å². The third-order valence-corrected chi connectivity index (χ3v) is 3.48. The molecule has 0 N–H and O–H groups in total. The first kappa shape index (κ1) is 16.2. The van der Waals surface area contributed by atoms with Gasteiger partial charge >= 0.3 is 5.97 Å². The highest BCUT2D eigenvalue weighted by Crippen LogP contribution is 2.25. The first-order chi connectivity index (χ1) is 10.5. The Morgan fingerprint density at radius 3 is 2.68 bits per heavy atom. The fourth-order valence-electron chi connectivity index (χ4n) is 2.55. The summed E-state index contributed by atoms with van der Waals surface area (Å²) in [6, 6.07) is 5.32. The van der Waals surface area contributed by atoms with Crippen molar-refractivity contribution in [3.63, 3.8) is 0 Å². The number of carbonyl (C=O) groups excluding carboxylic acids is 2. The summed E-state index contributed by atoms with van der Waals surface area (Å²) in [6.45, 7) is 2.79. The zero-order valence-electron chi connectivity index (χ0n) is 13.3. The van der Waals surface area contributed by atoms with E-state index in [-0.39, 0.29) is 0 Å². The maximum Gasteiger partial charge on any atom is 0.307 e. The van der Waals surface area contributed by atoms with Crippen LogP contribution < -0.4 is 15.3 Å². The fraction of sp³-hybridized carbons (Fsp3) is 0.438. The number of esters is 1. The molecule has 1 aliphatic heterocycles. The van der Waals surface area contributed by atoms with Crippen molar-refractivity contribution in [2.24, 2.45) is 0 Å². The summed E-state index contributed by atoms with van der Waals surface area (Å²) in [7, 11) is 5.50. The van der Waals surface area contributed by atoms with Crippen LogP contribution in [0.5, 0.6) is 0 Å². The van der Waals surface area contributed by atoms with Gasteiger partial charge in [-0.2, -0.15) is 0 Å². The molecule has 2 rings (SSSR count). The Bertz CT molecular complexity index is 707. The molecular formula is C16H20N2O4. The molecule has 6 heteroatoms. The highest BCUT2D eigenvalue weighted by molar-refractivity contribution is 5.77. The Morgan fingerprint density at radius 1 is 1.41 bits per heavy atom. The van der Waals surface area contributed by atoms with Crippen LogP contribution >= 0.6 is 0 Å². The Hall–Kier alpha value is -2.14. The summed E-state index contributed by atoms with van der Waals surface area (Å²) in [5.74, 6) is 1.81. The van der Waals surface area contributed by atoms with E-state index in [2.05, 4.69) is 0 Å². The normalized spacial score (nSPS) is 16.7. The molecular weight excluding hydrogens is 284 g/mol. The van der Waals surface area contributed by atoms with Crippen molar-refractivity contribution in [2.45, 2.75) is 13.2 Å². The highest BCUT2D eigenvalue weighted by Gasteiger charge is 2.33. The number of fused-ring (bicyclic) bond motifs is 1. The number of nitrogens with zero attached hydrogens (tertiary/aromatic N) is 2. The number of rotatable bonds is 5. The number of likely N-dealkylation sites (N-methyl/N-ethyl adjacent to an activating group) is 1. The van der Waals surface area contributed by atoms with Gasteiger partial charge in [-0.3, -0.25) is 4.79 Å². The molecule has 0 radical (unpaired) electrons. The minimum Gasteiger partial charge on any atom is -0.426 e. The Labute approximate surface area is 129 Å². The van der Waals surface area contributed by atoms with E-state index in [9.17, 15) is 9.59 Å². The van der Waals surface area contributed by atoms with Crippen LogP contribution in [0.3, 0.4) is 0 Å². The molecule has 0 saturated carbocycles. The first-order valence-electron chi connectivity index (χ1n) is 7.00. The summed E-state index contributed by atoms with van der Waals surface area (Å²) < 4.78 is 10.9. The van der Waals surface area contributed by atoms with E-state index in [1.54, 1.807) is 19.2 Å². The van der Waals surface area contributed by atoms with E-state index in [0.29, 0.717) is 22.7 Å². The van der Waals surface area contributed by atoms with Crippen LogP contribution in [0.1, 0.15) is 6.92 Å². The van der Waals surface area contributed by atoms with Gasteiger partial charge in [0.05, 0.1) is 16.1 Å². The van der Waals surface area contributed by atoms with Gasteiger partial charge in [0, 0.05) is 27.1 Å². The van der Waals surface area contributed by atoms with Crippen LogP contribution in [0, 0.1) is 0 Å². The van der Waals surface area contributed by atoms with Gasteiger partial charge in [-0.25, -0.2) is 4.79 Å². The quantitative estimate of drug-likeness (QED) is 0.665. The Kier molecular flexibility index (Phi) is 4.98. The molecule has 1 heterocycles. The third kappa shape index (κ3) is 3.04. The monoisotopic (exact) mass is 304 g/mol. The Balaban J connectivity index is 2.60. The van der Waals surface area contributed by atoms with Crippen LogP contribution in [-0.4, -0.2) is 57.3 Å². The predicted octanol–water partition coefficient (Wildman–Crippen LogP) is -0.785. The van der Waals surface area contributed by atoms with E-state index < -0.39 is 12.2 Å². The van der Waals surface area contributed by atoms with Gasteiger partial charge in [0.15, 0.2) is 12.0 Å². The molecule has 1 aromatic carbocycles. The number of anilines is 1. The number of methoxy groups -OCH3 is 1. The molecule has 118 valence electrons. The lowest BCUT2D eigenvalue weighted by Gasteiger charge is -2.29. The van der Waals surface area contributed by atoms with Crippen molar-refractivity contribution in [3.05, 3.63) is 28.6 Å². The lowest BCUT2D eigenvalue weighted by Crippen LogP contribution is -2.39. The molecule has 0 aliphatic carbocycles. The van der Waals surface area contributed by atoms with Crippen LogP contribution in [0.25, 0.3) is 5.76 Å². The van der Waals surface area contributed by atoms with Crippen molar-refractivity contribution in [2.75, 3.05) is 39.2 Å². The largest absolute Gasteiger partial charge is 0.426 e. The third-order valence-electron chi connectivity index (χ3n) is 3.48. The zero-order chi connectivity index (χ0) is 16.3. The Morgan fingerprint density at radius 2 is 2.14 bits per heavy atom. The average Bonchev–Trinajstić information content (AvgIpc) is 2.77. The maximum absolute atomic E-state index is 11.4. The number of hydrogen-bond acceptors (Lipinski definition) is 6. The van der Waals surface area contributed by atoms with Gasteiger partial charge in [0.2, 0.25) is 0 Å². The second-order valence-electron chi connectivity index (χ2n) is 5.34. The van der Waals surface area contributed by atoms with Crippen LogP contribution in [-0.2, 0) is 19.1 Å². The lowest BCUT2D eigenvalue weighted by molar-refractivity contribution is -0.135.